The molecule has 0 aliphatic carbocycles. The number of benzene rings is 2. The van der Waals surface area contributed by atoms with Crippen LogP contribution >= 0.6 is 11.3 Å². The van der Waals surface area contributed by atoms with Crippen molar-refractivity contribution in [1.29, 1.82) is 0 Å². The van der Waals surface area contributed by atoms with E-state index in [-0.39, 0.29) is 12.3 Å². The molecule has 0 spiro atoms. The number of hydrogen-bond donors (Lipinski definition) is 2. The van der Waals surface area contributed by atoms with Gasteiger partial charge in [-0.15, -0.1) is 11.3 Å². The number of carbonyl (C=O) groups is 2. The number of carbonyl (C=O) groups excluding carboxylic acids is 1. The van der Waals surface area contributed by atoms with Crippen LogP contribution in [0.4, 0.5) is 0 Å². The Morgan fingerprint density at radius 1 is 1.11 bits per heavy atom. The SMILES string of the molecule is Cc1ccc(-c2nc(C(=O)N[C@@H](CC(=O)O)c3ccccc3C)cs2)cc1. The van der Waals surface area contributed by atoms with Crippen molar-refractivity contribution >= 4 is 23.2 Å². The first-order valence-electron chi connectivity index (χ1n) is 8.55. The van der Waals surface area contributed by atoms with E-state index in [1.807, 2.05) is 62.4 Å². The number of aliphatic carboxylic acids is 1. The number of nitrogens with one attached hydrogen (secondary N) is 1. The Morgan fingerprint density at radius 2 is 1.81 bits per heavy atom. The van der Waals surface area contributed by atoms with Crippen LogP contribution in [-0.4, -0.2) is 22.0 Å². The molecule has 2 aromatic carbocycles. The Bertz CT molecular complexity index is 964. The highest BCUT2D eigenvalue weighted by molar-refractivity contribution is 7.13. The molecular weight excluding hydrogens is 360 g/mol. The van der Waals surface area contributed by atoms with Crippen molar-refractivity contribution in [2.75, 3.05) is 0 Å². The van der Waals surface area contributed by atoms with Gasteiger partial charge in [0, 0.05) is 10.9 Å². The summed E-state index contributed by atoms with van der Waals surface area (Å²) in [5, 5.41) is 14.5. The highest BCUT2D eigenvalue weighted by atomic mass is 32.1. The lowest BCUT2D eigenvalue weighted by Gasteiger charge is -2.18. The molecule has 0 aliphatic rings. The van der Waals surface area contributed by atoms with E-state index in [9.17, 15) is 14.7 Å². The standard InChI is InChI=1S/C21H20N2O3S/c1-13-7-9-15(10-8-13)21-23-18(12-27-21)20(26)22-17(11-19(24)25)16-6-4-3-5-14(16)2/h3-10,12,17H,11H2,1-2H3,(H,22,26)(H,24,25)/t17-/m0/s1. The molecule has 0 radical (unpaired) electrons. The van der Waals surface area contributed by atoms with Crippen LogP contribution in [0.5, 0.6) is 0 Å². The smallest absolute Gasteiger partial charge is 0.305 e. The van der Waals surface area contributed by atoms with E-state index in [1.165, 1.54) is 11.3 Å². The monoisotopic (exact) mass is 380 g/mol. The summed E-state index contributed by atoms with van der Waals surface area (Å²) in [6.45, 7) is 3.91. The summed E-state index contributed by atoms with van der Waals surface area (Å²) in [4.78, 5) is 28.3. The van der Waals surface area contributed by atoms with E-state index in [0.717, 1.165) is 27.3 Å². The molecule has 0 bridgehead atoms. The van der Waals surface area contributed by atoms with Crippen LogP contribution in [0.2, 0.25) is 0 Å². The molecule has 0 saturated carbocycles. The molecule has 2 N–H and O–H groups in total. The van der Waals surface area contributed by atoms with E-state index >= 15 is 0 Å². The largest absolute Gasteiger partial charge is 0.481 e. The third kappa shape index (κ3) is 4.60. The highest BCUT2D eigenvalue weighted by Crippen LogP contribution is 2.25. The van der Waals surface area contributed by atoms with Crippen LogP contribution in [0.3, 0.4) is 0 Å². The van der Waals surface area contributed by atoms with Crippen LogP contribution in [0.15, 0.2) is 53.9 Å². The molecule has 0 fully saturated rings. The van der Waals surface area contributed by atoms with Crippen LogP contribution in [0.25, 0.3) is 10.6 Å². The fraction of sp³-hybridized carbons (Fsp3) is 0.190. The lowest BCUT2D eigenvalue weighted by Crippen LogP contribution is -2.30. The number of aromatic nitrogens is 1. The Balaban J connectivity index is 1.81. The average molecular weight is 380 g/mol. The fourth-order valence-corrected chi connectivity index (χ4v) is 3.64. The van der Waals surface area contributed by atoms with E-state index in [0.29, 0.717) is 5.69 Å². The molecule has 1 aromatic heterocycles. The van der Waals surface area contributed by atoms with Gasteiger partial charge in [0.15, 0.2) is 0 Å². The number of amides is 1. The molecular formula is C21H20N2O3S. The van der Waals surface area contributed by atoms with Crippen LogP contribution in [0, 0.1) is 13.8 Å². The van der Waals surface area contributed by atoms with Gasteiger partial charge in [0.2, 0.25) is 0 Å². The summed E-state index contributed by atoms with van der Waals surface area (Å²) in [5.74, 6) is -1.35. The van der Waals surface area contributed by atoms with Gasteiger partial charge in [-0.1, -0.05) is 54.1 Å². The van der Waals surface area contributed by atoms with Crippen molar-refractivity contribution < 1.29 is 14.7 Å². The maximum atomic E-state index is 12.7. The molecule has 1 heterocycles. The number of hydrogen-bond acceptors (Lipinski definition) is 4. The van der Waals surface area contributed by atoms with E-state index in [2.05, 4.69) is 10.3 Å². The van der Waals surface area contributed by atoms with Crippen molar-refractivity contribution in [2.24, 2.45) is 0 Å². The van der Waals surface area contributed by atoms with E-state index in [4.69, 9.17) is 0 Å². The Hall–Kier alpha value is -2.99. The number of aryl methyl sites for hydroxylation is 2. The average Bonchev–Trinajstić information content (AvgIpc) is 3.12. The van der Waals surface area contributed by atoms with Gasteiger partial charge in [-0.2, -0.15) is 0 Å². The molecule has 138 valence electrons. The predicted octanol–water partition coefficient (Wildman–Crippen LogP) is 4.37. The van der Waals surface area contributed by atoms with Gasteiger partial charge in [-0.3, -0.25) is 9.59 Å². The molecule has 1 amide bonds. The van der Waals surface area contributed by atoms with Crippen molar-refractivity contribution in [2.45, 2.75) is 26.3 Å². The normalized spacial score (nSPS) is 11.8. The third-order valence-corrected chi connectivity index (χ3v) is 5.17. The fourth-order valence-electron chi connectivity index (χ4n) is 2.83. The second kappa shape index (κ2) is 8.14. The molecule has 5 nitrogen and oxygen atoms in total. The lowest BCUT2D eigenvalue weighted by atomic mass is 9.98. The minimum absolute atomic E-state index is 0.189. The second-order valence-electron chi connectivity index (χ2n) is 6.38. The summed E-state index contributed by atoms with van der Waals surface area (Å²) in [5.41, 5.74) is 4.12. The number of thiazole rings is 1. The van der Waals surface area contributed by atoms with Crippen LogP contribution in [0.1, 0.15) is 39.6 Å². The topological polar surface area (TPSA) is 79.3 Å². The second-order valence-corrected chi connectivity index (χ2v) is 7.24. The number of nitrogens with zero attached hydrogens (tertiary/aromatic N) is 1. The van der Waals surface area contributed by atoms with Crippen LogP contribution < -0.4 is 5.32 Å². The molecule has 6 heteroatoms. The number of rotatable bonds is 6. The van der Waals surface area contributed by atoms with E-state index < -0.39 is 12.0 Å². The van der Waals surface area contributed by atoms with Gasteiger partial charge in [0.25, 0.3) is 5.91 Å². The number of carboxylic acids is 1. The summed E-state index contributed by atoms with van der Waals surface area (Å²) in [7, 11) is 0. The zero-order valence-corrected chi connectivity index (χ0v) is 15.9. The summed E-state index contributed by atoms with van der Waals surface area (Å²) >= 11 is 1.39. The first-order valence-corrected chi connectivity index (χ1v) is 9.43. The molecule has 0 unspecified atom stereocenters. The van der Waals surface area contributed by atoms with Crippen LogP contribution in [-0.2, 0) is 4.79 Å². The summed E-state index contributed by atoms with van der Waals surface area (Å²) < 4.78 is 0. The minimum atomic E-state index is -0.970. The number of carboxylic acid groups (broad SMARTS) is 1. The van der Waals surface area contributed by atoms with Crippen molar-refractivity contribution in [3.8, 4) is 10.6 Å². The van der Waals surface area contributed by atoms with Gasteiger partial charge in [-0.05, 0) is 25.0 Å². The Labute approximate surface area is 161 Å². The first-order chi connectivity index (χ1) is 12.9. The quantitative estimate of drug-likeness (QED) is 0.665. The Kier molecular flexibility index (Phi) is 5.66. The zero-order chi connectivity index (χ0) is 19.4. The van der Waals surface area contributed by atoms with Gasteiger partial charge in [0.1, 0.15) is 10.7 Å². The lowest BCUT2D eigenvalue weighted by molar-refractivity contribution is -0.137. The molecule has 27 heavy (non-hydrogen) atoms. The van der Waals surface area contributed by atoms with Gasteiger partial charge in [0.05, 0.1) is 12.5 Å². The van der Waals surface area contributed by atoms with Gasteiger partial charge >= 0.3 is 5.97 Å². The van der Waals surface area contributed by atoms with Crippen molar-refractivity contribution in [1.82, 2.24) is 10.3 Å². The van der Waals surface area contributed by atoms with Gasteiger partial charge in [-0.25, -0.2) is 4.98 Å². The maximum Gasteiger partial charge on any atom is 0.305 e. The molecule has 3 aromatic rings. The highest BCUT2D eigenvalue weighted by Gasteiger charge is 2.21. The molecule has 3 rings (SSSR count). The Morgan fingerprint density at radius 3 is 2.48 bits per heavy atom. The van der Waals surface area contributed by atoms with E-state index in [1.54, 1.807) is 5.38 Å². The van der Waals surface area contributed by atoms with Crippen molar-refractivity contribution in [3.63, 3.8) is 0 Å². The maximum absolute atomic E-state index is 12.7. The van der Waals surface area contributed by atoms with Gasteiger partial charge < -0.3 is 10.4 Å². The molecule has 0 aliphatic heterocycles. The van der Waals surface area contributed by atoms with Crippen molar-refractivity contribution in [3.05, 3.63) is 76.3 Å². The zero-order valence-electron chi connectivity index (χ0n) is 15.1. The summed E-state index contributed by atoms with van der Waals surface area (Å²) in [6, 6.07) is 14.8. The predicted molar refractivity (Wildman–Crippen MR) is 106 cm³/mol. The first kappa shape index (κ1) is 18.8. The molecule has 1 atom stereocenters. The summed E-state index contributed by atoms with van der Waals surface area (Å²) in [6.07, 6.45) is -0.189. The minimum Gasteiger partial charge on any atom is -0.481 e. The molecule has 0 saturated heterocycles. The third-order valence-electron chi connectivity index (χ3n) is 4.28.